The average molecular weight is 360 g/mol. The highest BCUT2D eigenvalue weighted by Gasteiger charge is 2.32. The van der Waals surface area contributed by atoms with Gasteiger partial charge in [0.05, 0.1) is 11.4 Å². The second kappa shape index (κ2) is 5.34. The van der Waals surface area contributed by atoms with Crippen molar-refractivity contribution in [3.8, 4) is 5.75 Å². The summed E-state index contributed by atoms with van der Waals surface area (Å²) in [7, 11) is 0. The highest BCUT2D eigenvalue weighted by Crippen LogP contribution is 2.42. The monoisotopic (exact) mass is 360 g/mol. The number of piperazine rings is 1. The minimum Gasteiger partial charge on any atom is -0.487 e. The lowest BCUT2D eigenvalue weighted by atomic mass is 10.1. The molecule has 8 nitrogen and oxygen atoms in total. The van der Waals surface area contributed by atoms with E-state index in [4.69, 9.17) is 9.26 Å². The summed E-state index contributed by atoms with van der Waals surface area (Å²) in [5, 5.41) is 5.49. The van der Waals surface area contributed by atoms with E-state index in [2.05, 4.69) is 10.5 Å². The first-order valence-electron chi connectivity index (χ1n) is 8.58. The first-order valence-corrected chi connectivity index (χ1v) is 8.58. The molecule has 0 amide bonds. The summed E-state index contributed by atoms with van der Waals surface area (Å²) in [5.41, 5.74) is -0.161. The van der Waals surface area contributed by atoms with Crippen LogP contribution in [-0.2, 0) is 0 Å². The van der Waals surface area contributed by atoms with E-state index in [9.17, 15) is 9.59 Å². The molecule has 1 saturated heterocycles. The molecule has 0 bridgehead atoms. The number of hydrogen-bond donors (Lipinski definition) is 2. The molecule has 2 N–H and O–H groups in total. The Morgan fingerprint density at radius 2 is 2.04 bits per heavy atom. The summed E-state index contributed by atoms with van der Waals surface area (Å²) in [6, 6.07) is 1.04. The molecule has 0 aliphatic carbocycles. The number of anilines is 1. The first kappa shape index (κ1) is 15.4. The molecule has 1 aromatic carbocycles. The van der Waals surface area contributed by atoms with E-state index in [-0.39, 0.29) is 29.1 Å². The van der Waals surface area contributed by atoms with Crippen molar-refractivity contribution in [2.24, 2.45) is 0 Å². The van der Waals surface area contributed by atoms with Crippen molar-refractivity contribution in [2.75, 3.05) is 37.7 Å². The molecule has 5 rings (SSSR count). The van der Waals surface area contributed by atoms with Crippen LogP contribution in [0.2, 0.25) is 0 Å². The highest BCUT2D eigenvalue weighted by molar-refractivity contribution is 5.98. The van der Waals surface area contributed by atoms with Gasteiger partial charge in [0, 0.05) is 26.2 Å². The second-order valence-corrected chi connectivity index (χ2v) is 6.74. The zero-order chi connectivity index (χ0) is 18.0. The van der Waals surface area contributed by atoms with Crippen LogP contribution < -0.4 is 25.9 Å². The van der Waals surface area contributed by atoms with Crippen LogP contribution in [-0.4, -0.2) is 42.5 Å². The SMILES string of the molecule is CC1COc2c(N3CCNCC3)c(F)cc3c(=O)c4c(=O)[nH]oc4n1c23. The van der Waals surface area contributed by atoms with Crippen LogP contribution in [0.1, 0.15) is 13.0 Å². The summed E-state index contributed by atoms with van der Waals surface area (Å²) in [6.07, 6.45) is 0. The van der Waals surface area contributed by atoms with Crippen LogP contribution in [0.4, 0.5) is 10.1 Å². The third-order valence-corrected chi connectivity index (χ3v) is 5.14. The highest BCUT2D eigenvalue weighted by atomic mass is 19.1. The Bertz CT molecular complexity index is 1160. The van der Waals surface area contributed by atoms with E-state index in [1.54, 1.807) is 4.57 Å². The molecule has 1 atom stereocenters. The summed E-state index contributed by atoms with van der Waals surface area (Å²) >= 11 is 0. The van der Waals surface area contributed by atoms with Gasteiger partial charge in [-0.3, -0.25) is 14.2 Å². The molecule has 1 fully saturated rings. The standard InChI is InChI=1S/C17H17FN4O4/c1-8-7-25-15-12-9(6-10(18)13(15)21-4-2-19-3-5-21)14(23)11-16(24)20-26-17(11)22(8)12/h6,8,19H,2-5,7H2,1H3,(H,20,24). The van der Waals surface area contributed by atoms with Crippen LogP contribution in [0.5, 0.6) is 5.75 Å². The van der Waals surface area contributed by atoms with Gasteiger partial charge in [-0.05, 0) is 13.0 Å². The minimum atomic E-state index is -0.609. The average Bonchev–Trinajstić information content (AvgIpc) is 3.03. The van der Waals surface area contributed by atoms with E-state index >= 15 is 4.39 Å². The van der Waals surface area contributed by atoms with Crippen LogP contribution in [0.25, 0.3) is 22.0 Å². The summed E-state index contributed by atoms with van der Waals surface area (Å²) in [4.78, 5) is 26.8. The fraction of sp³-hybridized carbons (Fsp3) is 0.412. The zero-order valence-corrected chi connectivity index (χ0v) is 14.1. The number of nitrogens with zero attached hydrogens (tertiary/aromatic N) is 2. The van der Waals surface area contributed by atoms with Crippen molar-refractivity contribution in [3.63, 3.8) is 0 Å². The lowest BCUT2D eigenvalue weighted by Gasteiger charge is -2.34. The number of aromatic nitrogens is 2. The Morgan fingerprint density at radius 3 is 2.81 bits per heavy atom. The minimum absolute atomic E-state index is 0.0912. The van der Waals surface area contributed by atoms with Gasteiger partial charge < -0.3 is 19.5 Å². The number of ether oxygens (including phenoxy) is 1. The van der Waals surface area contributed by atoms with E-state index in [1.807, 2.05) is 11.8 Å². The van der Waals surface area contributed by atoms with Gasteiger partial charge in [-0.25, -0.2) is 4.39 Å². The van der Waals surface area contributed by atoms with Gasteiger partial charge in [0.25, 0.3) is 5.56 Å². The molecular formula is C17H17FN4O4. The van der Waals surface area contributed by atoms with Gasteiger partial charge in [0.1, 0.15) is 17.8 Å². The van der Waals surface area contributed by atoms with E-state index in [1.165, 1.54) is 6.07 Å². The number of nitrogens with one attached hydrogen (secondary N) is 2. The smallest absolute Gasteiger partial charge is 0.293 e. The number of benzene rings is 1. The third kappa shape index (κ3) is 1.91. The number of pyridine rings is 1. The molecular weight excluding hydrogens is 343 g/mol. The molecule has 0 saturated carbocycles. The Hall–Kier alpha value is -2.81. The van der Waals surface area contributed by atoms with Crippen LogP contribution in [0, 0.1) is 5.82 Å². The summed E-state index contributed by atoms with van der Waals surface area (Å²) in [5.74, 6) is -0.185. The topological polar surface area (TPSA) is 92.5 Å². The number of halogens is 1. The van der Waals surface area contributed by atoms with Gasteiger partial charge in [-0.15, -0.1) is 0 Å². The van der Waals surface area contributed by atoms with Crippen molar-refractivity contribution in [1.29, 1.82) is 0 Å². The normalized spacial score (nSPS) is 19.9. The van der Waals surface area contributed by atoms with Crippen LogP contribution in [0.3, 0.4) is 0 Å². The maximum Gasteiger partial charge on any atom is 0.293 e. The molecule has 26 heavy (non-hydrogen) atoms. The summed E-state index contributed by atoms with van der Waals surface area (Å²) < 4.78 is 27.9. The molecule has 9 heteroatoms. The van der Waals surface area contributed by atoms with Gasteiger partial charge in [0.2, 0.25) is 11.1 Å². The molecule has 1 unspecified atom stereocenters. The lowest BCUT2D eigenvalue weighted by molar-refractivity contribution is 0.244. The van der Waals surface area contributed by atoms with Crippen molar-refractivity contribution in [3.05, 3.63) is 32.5 Å². The number of hydrogen-bond acceptors (Lipinski definition) is 6. The quantitative estimate of drug-likeness (QED) is 0.671. The number of rotatable bonds is 1. The van der Waals surface area contributed by atoms with E-state index in [0.717, 1.165) is 13.1 Å². The fourth-order valence-electron chi connectivity index (χ4n) is 3.94. The van der Waals surface area contributed by atoms with Crippen molar-refractivity contribution >= 4 is 27.7 Å². The Morgan fingerprint density at radius 1 is 1.27 bits per heavy atom. The summed E-state index contributed by atoms with van der Waals surface area (Å²) in [6.45, 7) is 4.95. The number of aromatic amines is 1. The molecule has 2 aliphatic rings. The maximum absolute atomic E-state index is 15.0. The Labute approximate surface area is 146 Å². The molecule has 4 heterocycles. The number of H-pyrrole nitrogens is 1. The van der Waals surface area contributed by atoms with Gasteiger partial charge in [0.15, 0.2) is 17.0 Å². The molecule has 3 aromatic rings. The fourth-order valence-corrected chi connectivity index (χ4v) is 3.94. The van der Waals surface area contributed by atoms with Crippen molar-refractivity contribution in [2.45, 2.75) is 13.0 Å². The lowest BCUT2D eigenvalue weighted by Crippen LogP contribution is -2.44. The third-order valence-electron chi connectivity index (χ3n) is 5.14. The molecule has 2 aromatic heterocycles. The molecule has 0 radical (unpaired) electrons. The van der Waals surface area contributed by atoms with Crippen LogP contribution >= 0.6 is 0 Å². The largest absolute Gasteiger partial charge is 0.487 e. The van der Waals surface area contributed by atoms with Crippen LogP contribution in [0.15, 0.2) is 20.2 Å². The Kier molecular flexibility index (Phi) is 3.17. The molecule has 0 spiro atoms. The van der Waals surface area contributed by atoms with Gasteiger partial charge in [-0.1, -0.05) is 0 Å². The van der Waals surface area contributed by atoms with Crippen molar-refractivity contribution in [1.82, 2.24) is 15.0 Å². The maximum atomic E-state index is 15.0. The predicted octanol–water partition coefficient (Wildman–Crippen LogP) is 0.938. The number of fused-ring (bicyclic) bond motifs is 2. The zero-order valence-electron chi connectivity index (χ0n) is 14.1. The van der Waals surface area contributed by atoms with E-state index < -0.39 is 16.8 Å². The first-order chi connectivity index (χ1) is 12.6. The van der Waals surface area contributed by atoms with Crippen molar-refractivity contribution < 1.29 is 13.7 Å². The van der Waals surface area contributed by atoms with Gasteiger partial charge >= 0.3 is 0 Å². The second-order valence-electron chi connectivity index (χ2n) is 6.74. The van der Waals surface area contributed by atoms with E-state index in [0.29, 0.717) is 30.0 Å². The Balaban J connectivity index is 1.95. The molecule has 2 aliphatic heterocycles. The molecule has 136 valence electrons. The predicted molar refractivity (Wildman–Crippen MR) is 93.8 cm³/mol. The van der Waals surface area contributed by atoms with Gasteiger partial charge in [-0.2, -0.15) is 5.16 Å².